The van der Waals surface area contributed by atoms with Gasteiger partial charge >= 0.3 is 0 Å². The van der Waals surface area contributed by atoms with Crippen molar-refractivity contribution in [1.29, 1.82) is 0 Å². The van der Waals surface area contributed by atoms with Crippen LogP contribution in [-0.4, -0.2) is 9.38 Å². The first-order valence-corrected chi connectivity index (χ1v) is 4.23. The van der Waals surface area contributed by atoms with Gasteiger partial charge in [0.2, 0.25) is 0 Å². The molecule has 62 valence electrons. The van der Waals surface area contributed by atoms with E-state index < -0.39 is 0 Å². The molecule has 2 aromatic rings. The summed E-state index contributed by atoms with van der Waals surface area (Å²) in [5.74, 6) is 0. The molecule has 0 aliphatic carbocycles. The second-order valence-corrected chi connectivity index (χ2v) is 3.41. The quantitative estimate of drug-likeness (QED) is 0.599. The van der Waals surface area contributed by atoms with Crippen molar-refractivity contribution >= 4 is 28.8 Å². The Kier molecular flexibility index (Phi) is 1.74. The van der Waals surface area contributed by atoms with Gasteiger partial charge in [0, 0.05) is 23.0 Å². The zero-order valence-electron chi connectivity index (χ0n) is 6.38. The molecular formula is C8H6Cl2N2. The molecule has 0 radical (unpaired) electrons. The molecule has 0 N–H and O–H groups in total. The van der Waals surface area contributed by atoms with Crippen molar-refractivity contribution in [2.75, 3.05) is 0 Å². The van der Waals surface area contributed by atoms with Gasteiger partial charge in [0.25, 0.3) is 0 Å². The lowest BCUT2D eigenvalue weighted by molar-refractivity contribution is 1.11. The zero-order valence-corrected chi connectivity index (χ0v) is 7.89. The highest BCUT2D eigenvalue weighted by atomic mass is 35.5. The Labute approximate surface area is 79.7 Å². The maximum Gasteiger partial charge on any atom is 0.139 e. The van der Waals surface area contributed by atoms with Gasteiger partial charge in [0.15, 0.2) is 0 Å². The van der Waals surface area contributed by atoms with Crippen molar-refractivity contribution in [2.24, 2.45) is 0 Å². The van der Waals surface area contributed by atoms with Crippen molar-refractivity contribution in [1.82, 2.24) is 9.38 Å². The molecule has 0 bridgehead atoms. The molecule has 0 atom stereocenters. The van der Waals surface area contributed by atoms with Crippen molar-refractivity contribution in [2.45, 2.75) is 6.92 Å². The van der Waals surface area contributed by atoms with Crippen LogP contribution >= 0.6 is 23.2 Å². The predicted octanol–water partition coefficient (Wildman–Crippen LogP) is 2.95. The Morgan fingerprint density at radius 2 is 2.08 bits per heavy atom. The van der Waals surface area contributed by atoms with E-state index >= 15 is 0 Å². The lowest BCUT2D eigenvalue weighted by Gasteiger charge is -1.99. The predicted molar refractivity (Wildman–Crippen MR) is 49.9 cm³/mol. The van der Waals surface area contributed by atoms with Crippen LogP contribution in [-0.2, 0) is 0 Å². The second-order valence-electron chi connectivity index (χ2n) is 2.59. The average molecular weight is 201 g/mol. The van der Waals surface area contributed by atoms with Gasteiger partial charge < -0.3 is 0 Å². The van der Waals surface area contributed by atoms with Crippen molar-refractivity contribution < 1.29 is 0 Å². The zero-order chi connectivity index (χ0) is 8.72. The number of hydrogen-bond acceptors (Lipinski definition) is 1. The fourth-order valence-electron chi connectivity index (χ4n) is 1.18. The molecule has 2 rings (SSSR count). The SMILES string of the molecule is Cc1cnc2cc(Cl)cc(Cl)n12. The van der Waals surface area contributed by atoms with Crippen LogP contribution in [0, 0.1) is 6.92 Å². The number of aryl methyl sites for hydroxylation is 1. The molecule has 0 spiro atoms. The number of hydrogen-bond donors (Lipinski definition) is 0. The van der Waals surface area contributed by atoms with Crippen molar-refractivity contribution in [3.8, 4) is 0 Å². The minimum Gasteiger partial charge on any atom is -0.287 e. The summed E-state index contributed by atoms with van der Waals surface area (Å²) in [5.41, 5.74) is 1.79. The lowest BCUT2D eigenvalue weighted by atomic mass is 10.4. The van der Waals surface area contributed by atoms with Crippen LogP contribution in [0.5, 0.6) is 0 Å². The number of rotatable bonds is 0. The highest BCUT2D eigenvalue weighted by molar-refractivity contribution is 6.34. The molecule has 0 fully saturated rings. The van der Waals surface area contributed by atoms with Crippen LogP contribution in [0.3, 0.4) is 0 Å². The standard InChI is InChI=1S/C8H6Cl2N2/c1-5-4-11-8-3-6(9)2-7(10)12(5)8/h2-4H,1H3. The van der Waals surface area contributed by atoms with Crippen LogP contribution in [0.1, 0.15) is 5.69 Å². The summed E-state index contributed by atoms with van der Waals surface area (Å²) < 4.78 is 1.84. The third-order valence-electron chi connectivity index (χ3n) is 1.70. The number of pyridine rings is 1. The molecule has 2 nitrogen and oxygen atoms in total. The van der Waals surface area contributed by atoms with E-state index in [9.17, 15) is 0 Å². The van der Waals surface area contributed by atoms with Crippen LogP contribution in [0.4, 0.5) is 0 Å². The first kappa shape index (κ1) is 7.90. The third kappa shape index (κ3) is 1.08. The first-order valence-electron chi connectivity index (χ1n) is 3.47. The van der Waals surface area contributed by atoms with E-state index in [4.69, 9.17) is 23.2 Å². The molecule has 0 unspecified atom stereocenters. The molecule has 0 aliphatic heterocycles. The summed E-state index contributed by atoms with van der Waals surface area (Å²) in [6.45, 7) is 1.94. The fraction of sp³-hybridized carbons (Fsp3) is 0.125. The van der Waals surface area contributed by atoms with E-state index in [2.05, 4.69) is 4.98 Å². The Bertz CT molecular complexity index is 434. The molecule has 2 aromatic heterocycles. The van der Waals surface area contributed by atoms with E-state index in [1.165, 1.54) is 0 Å². The summed E-state index contributed by atoms with van der Waals surface area (Å²) in [6.07, 6.45) is 1.76. The highest BCUT2D eigenvalue weighted by Gasteiger charge is 2.03. The van der Waals surface area contributed by atoms with Crippen LogP contribution in [0.15, 0.2) is 18.3 Å². The lowest BCUT2D eigenvalue weighted by Crippen LogP contribution is -1.88. The third-order valence-corrected chi connectivity index (χ3v) is 2.20. The van der Waals surface area contributed by atoms with Gasteiger partial charge in [-0.15, -0.1) is 0 Å². The van der Waals surface area contributed by atoms with E-state index in [0.29, 0.717) is 10.2 Å². The number of aromatic nitrogens is 2. The van der Waals surface area contributed by atoms with Gasteiger partial charge in [-0.2, -0.15) is 0 Å². The maximum absolute atomic E-state index is 5.95. The fourth-order valence-corrected chi connectivity index (χ4v) is 1.77. The Morgan fingerprint density at radius 1 is 1.33 bits per heavy atom. The molecule has 0 aliphatic rings. The number of nitrogens with zero attached hydrogens (tertiary/aromatic N) is 2. The van der Waals surface area contributed by atoms with E-state index in [0.717, 1.165) is 11.3 Å². The van der Waals surface area contributed by atoms with Gasteiger partial charge in [-0.05, 0) is 13.0 Å². The summed E-state index contributed by atoms with van der Waals surface area (Å²) in [5, 5.41) is 1.20. The Balaban J connectivity index is 2.93. The number of fused-ring (bicyclic) bond motifs is 1. The molecule has 0 aromatic carbocycles. The van der Waals surface area contributed by atoms with Crippen molar-refractivity contribution in [3.63, 3.8) is 0 Å². The van der Waals surface area contributed by atoms with Gasteiger partial charge in [-0.25, -0.2) is 4.98 Å². The minimum absolute atomic E-state index is 0.590. The summed E-state index contributed by atoms with van der Waals surface area (Å²) in [4.78, 5) is 4.13. The van der Waals surface area contributed by atoms with E-state index in [1.54, 1.807) is 18.3 Å². The largest absolute Gasteiger partial charge is 0.287 e. The van der Waals surface area contributed by atoms with E-state index in [-0.39, 0.29) is 0 Å². The average Bonchev–Trinajstić information content (AvgIpc) is 2.31. The Morgan fingerprint density at radius 3 is 2.83 bits per heavy atom. The summed E-state index contributed by atoms with van der Waals surface area (Å²) >= 11 is 11.7. The molecule has 0 saturated carbocycles. The van der Waals surface area contributed by atoms with E-state index in [1.807, 2.05) is 11.3 Å². The topological polar surface area (TPSA) is 17.3 Å². The minimum atomic E-state index is 0.590. The molecule has 12 heavy (non-hydrogen) atoms. The van der Waals surface area contributed by atoms with Crippen LogP contribution < -0.4 is 0 Å². The van der Waals surface area contributed by atoms with Gasteiger partial charge in [-0.3, -0.25) is 4.40 Å². The molecule has 0 amide bonds. The van der Waals surface area contributed by atoms with Crippen molar-refractivity contribution in [3.05, 3.63) is 34.2 Å². The van der Waals surface area contributed by atoms with Crippen LogP contribution in [0.25, 0.3) is 5.65 Å². The second kappa shape index (κ2) is 2.64. The molecule has 0 saturated heterocycles. The van der Waals surface area contributed by atoms with Crippen LogP contribution in [0.2, 0.25) is 10.2 Å². The molecule has 4 heteroatoms. The normalized spacial score (nSPS) is 10.9. The summed E-state index contributed by atoms with van der Waals surface area (Å²) in [6, 6.07) is 3.48. The smallest absolute Gasteiger partial charge is 0.139 e. The molecular weight excluding hydrogens is 195 g/mol. The maximum atomic E-state index is 5.95. The number of imidazole rings is 1. The summed E-state index contributed by atoms with van der Waals surface area (Å²) in [7, 11) is 0. The van der Waals surface area contributed by atoms with Gasteiger partial charge in [-0.1, -0.05) is 23.2 Å². The number of halogens is 2. The molecule has 2 heterocycles. The Hall–Kier alpha value is -0.730. The first-order chi connectivity index (χ1) is 5.68. The van der Waals surface area contributed by atoms with Gasteiger partial charge in [0.05, 0.1) is 0 Å². The highest BCUT2D eigenvalue weighted by Crippen LogP contribution is 2.20. The monoisotopic (exact) mass is 200 g/mol. The van der Waals surface area contributed by atoms with Gasteiger partial charge in [0.1, 0.15) is 10.8 Å².